The quantitative estimate of drug-likeness (QED) is 0.746. The molecule has 166 valence electrons. The Morgan fingerprint density at radius 2 is 1.94 bits per heavy atom. The van der Waals surface area contributed by atoms with Crippen molar-refractivity contribution in [3.8, 4) is 0 Å². The van der Waals surface area contributed by atoms with Crippen LogP contribution in [0.4, 0.5) is 19.0 Å². The number of hydrogen-bond acceptors (Lipinski definition) is 5. The van der Waals surface area contributed by atoms with Gasteiger partial charge in [0.2, 0.25) is 5.91 Å². The molecule has 1 amide bonds. The van der Waals surface area contributed by atoms with Crippen LogP contribution in [0.1, 0.15) is 30.0 Å². The number of nitrogens with zero attached hydrogens (tertiary/aromatic N) is 3. The van der Waals surface area contributed by atoms with E-state index in [9.17, 15) is 18.0 Å². The molecule has 3 heterocycles. The monoisotopic (exact) mass is 453 g/mol. The van der Waals surface area contributed by atoms with Gasteiger partial charge in [0.15, 0.2) is 0 Å². The van der Waals surface area contributed by atoms with E-state index in [1.807, 2.05) is 34.1 Å². The molecule has 2 atom stereocenters. The molecule has 0 radical (unpaired) electrons. The maximum atomic E-state index is 13.0. The van der Waals surface area contributed by atoms with Crippen LogP contribution < -0.4 is 15.8 Å². The zero-order valence-electron chi connectivity index (χ0n) is 16.7. The summed E-state index contributed by atoms with van der Waals surface area (Å²) in [6.45, 7) is 2.23. The highest BCUT2D eigenvalue weighted by Crippen LogP contribution is 2.30. The average Bonchev–Trinajstić information content (AvgIpc) is 3.11. The van der Waals surface area contributed by atoms with Gasteiger partial charge in [-0.25, -0.2) is 15.8 Å². The van der Waals surface area contributed by atoms with E-state index < -0.39 is 11.7 Å². The van der Waals surface area contributed by atoms with Crippen LogP contribution in [0.5, 0.6) is 0 Å². The Labute approximate surface area is 183 Å². The maximum absolute atomic E-state index is 13.0. The van der Waals surface area contributed by atoms with E-state index in [-0.39, 0.29) is 18.0 Å². The number of pyridine rings is 1. The summed E-state index contributed by atoms with van der Waals surface area (Å²) in [6, 6.07) is 9.62. The number of halogens is 4. The second kappa shape index (κ2) is 9.02. The zero-order valence-corrected chi connectivity index (χ0v) is 17.5. The fourth-order valence-corrected chi connectivity index (χ4v) is 4.19. The molecule has 10 heteroatoms. The number of aromatic nitrogens is 1. The highest BCUT2D eigenvalue weighted by atomic mass is 35.5. The second-order valence-electron chi connectivity index (χ2n) is 7.75. The number of benzene rings is 1. The van der Waals surface area contributed by atoms with Gasteiger partial charge in [0.1, 0.15) is 11.9 Å². The lowest BCUT2D eigenvalue weighted by molar-refractivity contribution is -0.137. The summed E-state index contributed by atoms with van der Waals surface area (Å²) in [5.74, 6) is 0.503. The maximum Gasteiger partial charge on any atom is 0.417 e. The number of carbonyl (C=O) groups is 1. The molecular weight excluding hydrogens is 431 g/mol. The van der Waals surface area contributed by atoms with Crippen molar-refractivity contribution in [1.82, 2.24) is 20.7 Å². The van der Waals surface area contributed by atoms with E-state index in [2.05, 4.69) is 15.8 Å². The van der Waals surface area contributed by atoms with Gasteiger partial charge in [0.25, 0.3) is 0 Å². The molecular formula is C21H23ClF3N5O. The van der Waals surface area contributed by atoms with Crippen molar-refractivity contribution in [3.05, 3.63) is 58.7 Å². The smallest absolute Gasteiger partial charge is 0.355 e. The molecule has 2 unspecified atom stereocenters. The van der Waals surface area contributed by atoms with Crippen LogP contribution in [0.15, 0.2) is 42.6 Å². The molecule has 0 bridgehead atoms. The molecule has 2 fully saturated rings. The van der Waals surface area contributed by atoms with Crippen LogP contribution in [-0.2, 0) is 11.0 Å². The predicted octanol–water partition coefficient (Wildman–Crippen LogP) is 3.40. The first-order chi connectivity index (χ1) is 14.8. The third kappa shape index (κ3) is 5.11. The minimum Gasteiger partial charge on any atom is -0.355 e. The molecule has 0 spiro atoms. The summed E-state index contributed by atoms with van der Waals surface area (Å²) in [6.07, 6.45) is -2.22. The van der Waals surface area contributed by atoms with Crippen molar-refractivity contribution in [2.24, 2.45) is 0 Å². The van der Waals surface area contributed by atoms with Crippen LogP contribution in [-0.4, -0.2) is 48.0 Å². The van der Waals surface area contributed by atoms with E-state index in [4.69, 9.17) is 11.6 Å². The number of anilines is 1. The predicted molar refractivity (Wildman–Crippen MR) is 112 cm³/mol. The lowest BCUT2D eigenvalue weighted by Crippen LogP contribution is -2.46. The van der Waals surface area contributed by atoms with Crippen LogP contribution >= 0.6 is 11.6 Å². The number of amides is 1. The van der Waals surface area contributed by atoms with E-state index in [0.717, 1.165) is 17.8 Å². The molecule has 2 aromatic rings. The van der Waals surface area contributed by atoms with Crippen LogP contribution in [0, 0.1) is 0 Å². The SMILES string of the molecule is O=C(C1CC(c2cccc(Cl)c2)NN1)N1CCCN(c2ccc(C(F)(F)F)cn2)CC1. The number of alkyl halides is 3. The van der Waals surface area contributed by atoms with Crippen molar-refractivity contribution >= 4 is 23.3 Å². The lowest BCUT2D eigenvalue weighted by atomic mass is 10.0. The first kappa shape index (κ1) is 21.9. The molecule has 2 aliphatic rings. The van der Waals surface area contributed by atoms with Crippen molar-refractivity contribution in [3.63, 3.8) is 0 Å². The number of nitrogens with one attached hydrogen (secondary N) is 2. The standard InChI is InChI=1S/C21H23ClF3N5O/c22-16-4-1-3-14(11-16)17-12-18(28-27-17)20(31)30-8-2-7-29(9-10-30)19-6-5-15(13-26-19)21(23,24)25/h1,3-6,11,13,17-18,27-28H,2,7-10,12H2. The van der Waals surface area contributed by atoms with Gasteiger partial charge < -0.3 is 9.80 Å². The van der Waals surface area contributed by atoms with Gasteiger partial charge in [-0.15, -0.1) is 0 Å². The minimum atomic E-state index is -4.40. The molecule has 31 heavy (non-hydrogen) atoms. The van der Waals surface area contributed by atoms with Crippen molar-refractivity contribution in [2.45, 2.75) is 31.1 Å². The normalized spacial score (nSPS) is 22.5. The van der Waals surface area contributed by atoms with Gasteiger partial charge in [-0.05, 0) is 42.7 Å². The van der Waals surface area contributed by atoms with Crippen LogP contribution in [0.25, 0.3) is 0 Å². The number of rotatable bonds is 3. The Bertz CT molecular complexity index is 924. The summed E-state index contributed by atoms with van der Waals surface area (Å²) in [5.41, 5.74) is 6.51. The van der Waals surface area contributed by atoms with E-state index in [0.29, 0.717) is 49.9 Å². The molecule has 6 nitrogen and oxygen atoms in total. The zero-order chi connectivity index (χ0) is 22.0. The molecule has 1 aromatic heterocycles. The molecule has 2 N–H and O–H groups in total. The number of hydrogen-bond donors (Lipinski definition) is 2. The van der Waals surface area contributed by atoms with E-state index in [1.54, 1.807) is 0 Å². The van der Waals surface area contributed by atoms with E-state index in [1.165, 1.54) is 6.07 Å². The van der Waals surface area contributed by atoms with Gasteiger partial charge in [0.05, 0.1) is 5.56 Å². The van der Waals surface area contributed by atoms with E-state index >= 15 is 0 Å². The Hall–Kier alpha value is -2.36. The highest BCUT2D eigenvalue weighted by molar-refractivity contribution is 6.30. The third-order valence-electron chi connectivity index (χ3n) is 5.66. The fraction of sp³-hybridized carbons (Fsp3) is 0.429. The second-order valence-corrected chi connectivity index (χ2v) is 8.19. The number of hydrazine groups is 1. The van der Waals surface area contributed by atoms with Gasteiger partial charge in [-0.3, -0.25) is 4.79 Å². The first-order valence-electron chi connectivity index (χ1n) is 10.1. The van der Waals surface area contributed by atoms with Crippen LogP contribution in [0.2, 0.25) is 5.02 Å². The van der Waals surface area contributed by atoms with Crippen molar-refractivity contribution in [1.29, 1.82) is 0 Å². The Morgan fingerprint density at radius 3 is 2.65 bits per heavy atom. The summed E-state index contributed by atoms with van der Waals surface area (Å²) < 4.78 is 38.3. The minimum absolute atomic E-state index is 0.00697. The molecule has 4 rings (SSSR count). The molecule has 1 aromatic carbocycles. The van der Waals surface area contributed by atoms with Gasteiger partial charge in [0, 0.05) is 43.4 Å². The largest absolute Gasteiger partial charge is 0.417 e. The summed E-state index contributed by atoms with van der Waals surface area (Å²) in [7, 11) is 0. The molecule has 0 aliphatic carbocycles. The lowest BCUT2D eigenvalue weighted by Gasteiger charge is -2.25. The van der Waals surface area contributed by atoms with Gasteiger partial charge >= 0.3 is 6.18 Å². The summed E-state index contributed by atoms with van der Waals surface area (Å²) >= 11 is 6.07. The first-order valence-corrected chi connectivity index (χ1v) is 10.5. The third-order valence-corrected chi connectivity index (χ3v) is 5.89. The molecule has 2 saturated heterocycles. The molecule has 0 saturated carbocycles. The summed E-state index contributed by atoms with van der Waals surface area (Å²) in [4.78, 5) is 20.7. The van der Waals surface area contributed by atoms with Crippen molar-refractivity contribution in [2.75, 3.05) is 31.1 Å². The summed E-state index contributed by atoms with van der Waals surface area (Å²) in [5, 5.41) is 0.651. The van der Waals surface area contributed by atoms with Gasteiger partial charge in [-0.1, -0.05) is 23.7 Å². The average molecular weight is 454 g/mol. The van der Waals surface area contributed by atoms with Gasteiger partial charge in [-0.2, -0.15) is 13.2 Å². The Morgan fingerprint density at radius 1 is 1.10 bits per heavy atom. The Balaban J connectivity index is 1.35. The fourth-order valence-electron chi connectivity index (χ4n) is 3.99. The van der Waals surface area contributed by atoms with Crippen LogP contribution in [0.3, 0.4) is 0 Å². The topological polar surface area (TPSA) is 60.5 Å². The number of carbonyl (C=O) groups excluding carboxylic acids is 1. The molecule has 2 aliphatic heterocycles. The Kier molecular flexibility index (Phi) is 6.36. The van der Waals surface area contributed by atoms with Crippen molar-refractivity contribution < 1.29 is 18.0 Å². The highest BCUT2D eigenvalue weighted by Gasteiger charge is 2.34.